The van der Waals surface area contributed by atoms with E-state index in [0.29, 0.717) is 24.5 Å². The van der Waals surface area contributed by atoms with Gasteiger partial charge in [-0.3, -0.25) is 9.59 Å². The van der Waals surface area contributed by atoms with E-state index in [9.17, 15) is 18.0 Å². The van der Waals surface area contributed by atoms with E-state index in [1.807, 2.05) is 6.92 Å². The van der Waals surface area contributed by atoms with Gasteiger partial charge in [0, 0.05) is 13.1 Å². The summed E-state index contributed by atoms with van der Waals surface area (Å²) in [7, 11) is -4.01. The SMILES string of the molecule is CCCN(CC1CC1)C(=O)COC(=O)C(C)NS(=O)(=O)c1cccc2nsnc12. The second-order valence-electron chi connectivity index (χ2n) is 7.12. The van der Waals surface area contributed by atoms with E-state index in [-0.39, 0.29) is 16.3 Å². The number of carbonyl (C=O) groups excluding carboxylic acids is 2. The molecule has 0 bridgehead atoms. The van der Waals surface area contributed by atoms with E-state index in [0.717, 1.165) is 31.0 Å². The van der Waals surface area contributed by atoms with E-state index in [1.54, 1.807) is 17.0 Å². The van der Waals surface area contributed by atoms with E-state index in [1.165, 1.54) is 13.0 Å². The Kier molecular flexibility index (Phi) is 6.81. The van der Waals surface area contributed by atoms with Crippen molar-refractivity contribution in [1.82, 2.24) is 18.4 Å². The number of nitrogens with zero attached hydrogens (tertiary/aromatic N) is 3. The summed E-state index contributed by atoms with van der Waals surface area (Å²) in [6.45, 7) is 4.24. The lowest BCUT2D eigenvalue weighted by atomic mass is 10.3. The summed E-state index contributed by atoms with van der Waals surface area (Å²) in [4.78, 5) is 26.2. The maximum Gasteiger partial charge on any atom is 0.324 e. The molecule has 1 aromatic heterocycles. The molecule has 11 heteroatoms. The molecule has 1 amide bonds. The number of fused-ring (bicyclic) bond motifs is 1. The average Bonchev–Trinajstić information content (AvgIpc) is 3.37. The van der Waals surface area contributed by atoms with Crippen LogP contribution in [0.1, 0.15) is 33.1 Å². The molecule has 1 aliphatic carbocycles. The van der Waals surface area contributed by atoms with Crippen LogP contribution in [-0.4, -0.2) is 59.7 Å². The molecule has 3 rings (SSSR count). The predicted molar refractivity (Wildman–Crippen MR) is 108 cm³/mol. The first-order valence-corrected chi connectivity index (χ1v) is 11.7. The summed E-state index contributed by atoms with van der Waals surface area (Å²) < 4.78 is 40.7. The van der Waals surface area contributed by atoms with Crippen molar-refractivity contribution in [2.75, 3.05) is 19.7 Å². The van der Waals surface area contributed by atoms with Gasteiger partial charge in [0.15, 0.2) is 6.61 Å². The van der Waals surface area contributed by atoms with Crippen molar-refractivity contribution in [3.8, 4) is 0 Å². The molecule has 158 valence electrons. The third-order valence-corrected chi connectivity index (χ3v) is 6.70. The highest BCUT2D eigenvalue weighted by Crippen LogP contribution is 2.29. The molecule has 1 N–H and O–H groups in total. The summed E-state index contributed by atoms with van der Waals surface area (Å²) in [5, 5.41) is 0. The minimum absolute atomic E-state index is 0.0574. The number of aromatic nitrogens is 2. The van der Waals surface area contributed by atoms with Crippen molar-refractivity contribution < 1.29 is 22.7 Å². The van der Waals surface area contributed by atoms with Crippen LogP contribution in [0.5, 0.6) is 0 Å². The predicted octanol–water partition coefficient (Wildman–Crippen LogP) is 1.55. The molecule has 1 aliphatic rings. The Morgan fingerprint density at radius 1 is 1.34 bits per heavy atom. The highest BCUT2D eigenvalue weighted by Gasteiger charge is 2.29. The quantitative estimate of drug-likeness (QED) is 0.557. The van der Waals surface area contributed by atoms with E-state index in [4.69, 9.17) is 4.74 Å². The van der Waals surface area contributed by atoms with Gasteiger partial charge in [0.25, 0.3) is 5.91 Å². The van der Waals surface area contributed by atoms with Crippen molar-refractivity contribution in [3.05, 3.63) is 18.2 Å². The summed E-state index contributed by atoms with van der Waals surface area (Å²) in [6, 6.07) is 3.46. The van der Waals surface area contributed by atoms with Crippen LogP contribution in [0.2, 0.25) is 0 Å². The molecule has 0 saturated heterocycles. The van der Waals surface area contributed by atoms with Crippen molar-refractivity contribution in [1.29, 1.82) is 0 Å². The van der Waals surface area contributed by atoms with Gasteiger partial charge < -0.3 is 9.64 Å². The molecule has 0 spiro atoms. The highest BCUT2D eigenvalue weighted by molar-refractivity contribution is 7.89. The number of ether oxygens (including phenoxy) is 1. The lowest BCUT2D eigenvalue weighted by Gasteiger charge is -2.22. The first-order valence-electron chi connectivity index (χ1n) is 9.50. The van der Waals surface area contributed by atoms with Crippen LogP contribution in [0.15, 0.2) is 23.1 Å². The first-order chi connectivity index (χ1) is 13.8. The zero-order valence-electron chi connectivity index (χ0n) is 16.3. The molecule has 1 fully saturated rings. The van der Waals surface area contributed by atoms with Crippen molar-refractivity contribution in [2.24, 2.45) is 5.92 Å². The van der Waals surface area contributed by atoms with Crippen molar-refractivity contribution in [2.45, 2.75) is 44.0 Å². The van der Waals surface area contributed by atoms with Crippen molar-refractivity contribution in [3.63, 3.8) is 0 Å². The number of carbonyl (C=O) groups is 2. The number of amides is 1. The van der Waals surface area contributed by atoms with Gasteiger partial charge in [-0.15, -0.1) is 0 Å². The third kappa shape index (κ3) is 5.49. The lowest BCUT2D eigenvalue weighted by molar-refractivity contribution is -0.153. The molecule has 1 heterocycles. The Bertz CT molecular complexity index is 987. The number of benzene rings is 1. The number of hydrogen-bond donors (Lipinski definition) is 1. The molecule has 1 unspecified atom stereocenters. The summed E-state index contributed by atoms with van der Waals surface area (Å²) >= 11 is 0.909. The topological polar surface area (TPSA) is 119 Å². The monoisotopic (exact) mass is 440 g/mol. The fraction of sp³-hybridized carbons (Fsp3) is 0.556. The van der Waals surface area contributed by atoms with Gasteiger partial charge in [-0.1, -0.05) is 13.0 Å². The number of sulfonamides is 1. The molecule has 0 radical (unpaired) electrons. The highest BCUT2D eigenvalue weighted by atomic mass is 32.2. The van der Waals surface area contributed by atoms with Crippen LogP contribution in [0, 0.1) is 5.92 Å². The van der Waals surface area contributed by atoms with Crippen LogP contribution in [-0.2, 0) is 24.3 Å². The maximum atomic E-state index is 12.7. The summed E-state index contributed by atoms with van der Waals surface area (Å²) in [6.07, 6.45) is 3.06. The Balaban J connectivity index is 1.58. The van der Waals surface area contributed by atoms with Crippen LogP contribution >= 0.6 is 11.7 Å². The largest absolute Gasteiger partial charge is 0.454 e. The van der Waals surface area contributed by atoms with Gasteiger partial charge in [-0.25, -0.2) is 8.42 Å². The zero-order valence-corrected chi connectivity index (χ0v) is 18.0. The number of esters is 1. The number of nitrogens with one attached hydrogen (secondary N) is 1. The van der Waals surface area contributed by atoms with Gasteiger partial charge in [-0.2, -0.15) is 13.5 Å². The molecular weight excluding hydrogens is 416 g/mol. The Labute approximate surface area is 173 Å². The molecular formula is C18H24N4O5S2. The van der Waals surface area contributed by atoms with Gasteiger partial charge in [-0.05, 0) is 44.2 Å². The molecule has 9 nitrogen and oxygen atoms in total. The number of hydrogen-bond acceptors (Lipinski definition) is 8. The smallest absolute Gasteiger partial charge is 0.324 e. The molecule has 1 saturated carbocycles. The lowest BCUT2D eigenvalue weighted by Crippen LogP contribution is -2.42. The maximum absolute atomic E-state index is 12.7. The Morgan fingerprint density at radius 3 is 2.79 bits per heavy atom. The third-order valence-electron chi connectivity index (χ3n) is 4.58. The minimum Gasteiger partial charge on any atom is -0.454 e. The zero-order chi connectivity index (χ0) is 21.0. The van der Waals surface area contributed by atoms with Crippen LogP contribution in [0.4, 0.5) is 0 Å². The second kappa shape index (κ2) is 9.14. The fourth-order valence-corrected chi connectivity index (χ4v) is 4.85. The Morgan fingerprint density at radius 2 is 2.10 bits per heavy atom. The fourth-order valence-electron chi connectivity index (χ4n) is 2.89. The summed E-state index contributed by atoms with van der Waals surface area (Å²) in [5.41, 5.74) is 0.710. The molecule has 1 aromatic carbocycles. The van der Waals surface area contributed by atoms with Gasteiger partial charge in [0.2, 0.25) is 10.0 Å². The van der Waals surface area contributed by atoms with E-state index >= 15 is 0 Å². The normalized spacial score (nSPS) is 15.2. The van der Waals surface area contributed by atoms with Crippen LogP contribution in [0.25, 0.3) is 11.0 Å². The van der Waals surface area contributed by atoms with Crippen LogP contribution in [0.3, 0.4) is 0 Å². The average molecular weight is 441 g/mol. The van der Waals surface area contributed by atoms with Gasteiger partial charge >= 0.3 is 5.97 Å². The Hall–Kier alpha value is -2.11. The first kappa shape index (κ1) is 21.6. The molecule has 2 aromatic rings. The molecule has 1 atom stereocenters. The van der Waals surface area contributed by atoms with Gasteiger partial charge in [0.1, 0.15) is 22.0 Å². The molecule has 0 aliphatic heterocycles. The van der Waals surface area contributed by atoms with Crippen LogP contribution < -0.4 is 4.72 Å². The van der Waals surface area contributed by atoms with E-state index < -0.39 is 28.6 Å². The standard InChI is InChI=1S/C18H24N4O5S2/c1-3-9-22(10-13-7-8-13)16(23)11-27-18(24)12(2)21-29(25,26)15-6-4-5-14-17(15)20-28-19-14/h4-6,12-13,21H,3,7-11H2,1-2H3. The molecule has 29 heavy (non-hydrogen) atoms. The number of rotatable bonds is 10. The second-order valence-corrected chi connectivity index (χ2v) is 9.33. The van der Waals surface area contributed by atoms with Gasteiger partial charge in [0.05, 0.1) is 11.7 Å². The van der Waals surface area contributed by atoms with E-state index in [2.05, 4.69) is 13.5 Å². The summed E-state index contributed by atoms with van der Waals surface area (Å²) in [5.74, 6) is -0.538. The van der Waals surface area contributed by atoms with Crippen molar-refractivity contribution >= 4 is 44.7 Å². The minimum atomic E-state index is -4.01.